The van der Waals surface area contributed by atoms with E-state index in [2.05, 4.69) is 5.32 Å². The van der Waals surface area contributed by atoms with Crippen LogP contribution in [0.1, 0.15) is 5.56 Å². The minimum absolute atomic E-state index is 0.213. The van der Waals surface area contributed by atoms with E-state index in [1.54, 1.807) is 37.4 Å². The number of ether oxygens (including phenoxy) is 2. The first-order valence-corrected chi connectivity index (χ1v) is 7.68. The molecule has 1 N–H and O–H groups in total. The molecule has 0 aromatic heterocycles. The number of likely N-dealkylation sites (N-methyl/N-ethyl adjacent to an activating group) is 1. The number of nitrogens with zero attached hydrogens (tertiary/aromatic N) is 1. The summed E-state index contributed by atoms with van der Waals surface area (Å²) >= 11 is 0. The number of hydrogen-bond donors (Lipinski definition) is 1. The first-order valence-electron chi connectivity index (χ1n) is 7.68. The number of carbonyl (C=O) groups is 2. The molecule has 0 saturated heterocycles. The van der Waals surface area contributed by atoms with Crippen LogP contribution in [-0.2, 0) is 9.59 Å². The molecule has 128 valence electrons. The van der Waals surface area contributed by atoms with Crippen LogP contribution in [0.5, 0.6) is 11.5 Å². The molecule has 3 rings (SSSR count). The molecule has 0 unspecified atom stereocenters. The van der Waals surface area contributed by atoms with E-state index in [4.69, 9.17) is 9.47 Å². The zero-order chi connectivity index (χ0) is 18.0. The fourth-order valence-corrected chi connectivity index (χ4v) is 2.68. The van der Waals surface area contributed by atoms with Crippen LogP contribution in [-0.4, -0.2) is 38.0 Å². The van der Waals surface area contributed by atoms with Gasteiger partial charge in [0.1, 0.15) is 17.2 Å². The molecule has 0 atom stereocenters. The highest BCUT2D eigenvalue weighted by molar-refractivity contribution is 6.36. The van der Waals surface area contributed by atoms with Gasteiger partial charge in [0.2, 0.25) is 0 Å². The second-order valence-electron chi connectivity index (χ2n) is 5.48. The van der Waals surface area contributed by atoms with Crippen LogP contribution in [0.15, 0.2) is 54.2 Å². The monoisotopic (exact) mass is 338 g/mol. The van der Waals surface area contributed by atoms with Gasteiger partial charge in [0, 0.05) is 13.1 Å². The molecular weight excluding hydrogens is 320 g/mol. The SMILES string of the molecule is COc1ccc(OC)c(NC2=C(c3ccccc3)C(=O)N(C)C2=O)c1. The molecule has 2 amide bonds. The largest absolute Gasteiger partial charge is 0.497 e. The number of nitrogens with one attached hydrogen (secondary N) is 1. The maximum Gasteiger partial charge on any atom is 0.277 e. The van der Waals surface area contributed by atoms with Crippen molar-refractivity contribution in [1.29, 1.82) is 0 Å². The van der Waals surface area contributed by atoms with Gasteiger partial charge in [0.25, 0.3) is 11.8 Å². The van der Waals surface area contributed by atoms with Crippen molar-refractivity contribution >= 4 is 23.1 Å². The Labute approximate surface area is 145 Å². The summed E-state index contributed by atoms with van der Waals surface area (Å²) in [6.07, 6.45) is 0. The number of benzene rings is 2. The maximum absolute atomic E-state index is 12.6. The summed E-state index contributed by atoms with van der Waals surface area (Å²) in [5.74, 6) is 0.403. The molecule has 0 spiro atoms. The number of methoxy groups -OCH3 is 2. The molecule has 0 saturated carbocycles. The normalized spacial score (nSPS) is 14.1. The summed E-state index contributed by atoms with van der Waals surface area (Å²) in [4.78, 5) is 26.2. The van der Waals surface area contributed by atoms with Gasteiger partial charge < -0.3 is 14.8 Å². The van der Waals surface area contributed by atoms with Crippen molar-refractivity contribution in [3.63, 3.8) is 0 Å². The van der Waals surface area contributed by atoms with E-state index in [0.29, 0.717) is 28.3 Å². The van der Waals surface area contributed by atoms with Gasteiger partial charge in [0.05, 0.1) is 25.5 Å². The second-order valence-corrected chi connectivity index (χ2v) is 5.48. The molecule has 1 aliphatic rings. The Hall–Kier alpha value is -3.28. The Morgan fingerprint density at radius 1 is 0.920 bits per heavy atom. The predicted molar refractivity (Wildman–Crippen MR) is 94.3 cm³/mol. The molecule has 0 fully saturated rings. The quantitative estimate of drug-likeness (QED) is 0.849. The topological polar surface area (TPSA) is 67.9 Å². The first-order chi connectivity index (χ1) is 12.1. The Kier molecular flexibility index (Phi) is 4.43. The molecule has 1 heterocycles. The summed E-state index contributed by atoms with van der Waals surface area (Å²) in [6.45, 7) is 0. The lowest BCUT2D eigenvalue weighted by molar-refractivity contribution is -0.135. The third kappa shape index (κ3) is 2.94. The van der Waals surface area contributed by atoms with Gasteiger partial charge in [-0.05, 0) is 17.7 Å². The summed E-state index contributed by atoms with van der Waals surface area (Å²) in [5, 5.41) is 3.06. The van der Waals surface area contributed by atoms with Gasteiger partial charge in [-0.1, -0.05) is 30.3 Å². The lowest BCUT2D eigenvalue weighted by Gasteiger charge is -2.13. The highest BCUT2D eigenvalue weighted by Crippen LogP contribution is 2.34. The van der Waals surface area contributed by atoms with Crippen molar-refractivity contribution in [3.8, 4) is 11.5 Å². The lowest BCUT2D eigenvalue weighted by Crippen LogP contribution is -2.27. The predicted octanol–water partition coefficient (Wildman–Crippen LogP) is 2.53. The van der Waals surface area contributed by atoms with Gasteiger partial charge in [-0.25, -0.2) is 0 Å². The van der Waals surface area contributed by atoms with E-state index in [1.165, 1.54) is 14.2 Å². The fraction of sp³-hybridized carbons (Fsp3) is 0.158. The molecule has 2 aromatic rings. The number of hydrogen-bond acceptors (Lipinski definition) is 5. The first kappa shape index (κ1) is 16.6. The zero-order valence-electron chi connectivity index (χ0n) is 14.2. The van der Waals surface area contributed by atoms with Crippen LogP contribution in [0.25, 0.3) is 5.57 Å². The highest BCUT2D eigenvalue weighted by atomic mass is 16.5. The fourth-order valence-electron chi connectivity index (χ4n) is 2.68. The minimum atomic E-state index is -0.395. The van der Waals surface area contributed by atoms with Crippen LogP contribution in [0.3, 0.4) is 0 Å². The Morgan fingerprint density at radius 3 is 2.28 bits per heavy atom. The molecule has 0 aliphatic carbocycles. The molecule has 25 heavy (non-hydrogen) atoms. The molecule has 6 nitrogen and oxygen atoms in total. The molecule has 0 bridgehead atoms. The van der Waals surface area contributed by atoms with E-state index < -0.39 is 5.91 Å². The molecule has 1 aliphatic heterocycles. The van der Waals surface area contributed by atoms with Gasteiger partial charge in [0.15, 0.2) is 0 Å². The van der Waals surface area contributed by atoms with Gasteiger partial charge in [-0.15, -0.1) is 0 Å². The van der Waals surface area contributed by atoms with E-state index >= 15 is 0 Å². The van der Waals surface area contributed by atoms with E-state index in [-0.39, 0.29) is 11.6 Å². The van der Waals surface area contributed by atoms with Gasteiger partial charge in [-0.3, -0.25) is 14.5 Å². The second kappa shape index (κ2) is 6.68. The van der Waals surface area contributed by atoms with Crippen molar-refractivity contribution < 1.29 is 19.1 Å². The standard InChI is InChI=1S/C19H18N2O4/c1-21-18(22)16(12-7-5-4-6-8-12)17(19(21)23)20-14-11-13(24-2)9-10-15(14)25-3/h4-11,20H,1-3H3. The average molecular weight is 338 g/mol. The molecule has 2 aromatic carbocycles. The summed E-state index contributed by atoms with van der Waals surface area (Å²) in [6, 6.07) is 14.3. The maximum atomic E-state index is 12.6. The van der Waals surface area contributed by atoms with Gasteiger partial charge in [-0.2, -0.15) is 0 Å². The number of carbonyl (C=O) groups excluding carboxylic acids is 2. The van der Waals surface area contributed by atoms with Crippen molar-refractivity contribution in [3.05, 3.63) is 59.8 Å². The van der Waals surface area contributed by atoms with Crippen LogP contribution in [0, 0.1) is 0 Å². The van der Waals surface area contributed by atoms with Crippen LogP contribution >= 0.6 is 0 Å². The smallest absolute Gasteiger partial charge is 0.277 e. The summed E-state index contributed by atoms with van der Waals surface area (Å²) in [7, 11) is 4.55. The van der Waals surface area contributed by atoms with E-state index in [0.717, 1.165) is 4.90 Å². The van der Waals surface area contributed by atoms with Crippen molar-refractivity contribution in [2.45, 2.75) is 0 Å². The van der Waals surface area contributed by atoms with Gasteiger partial charge >= 0.3 is 0 Å². The van der Waals surface area contributed by atoms with E-state index in [1.807, 2.05) is 18.2 Å². The zero-order valence-corrected chi connectivity index (χ0v) is 14.2. The third-order valence-electron chi connectivity index (χ3n) is 4.02. The van der Waals surface area contributed by atoms with E-state index in [9.17, 15) is 9.59 Å². The van der Waals surface area contributed by atoms with Crippen molar-refractivity contribution in [1.82, 2.24) is 4.90 Å². The summed E-state index contributed by atoms with van der Waals surface area (Å²) in [5.41, 5.74) is 1.76. The Balaban J connectivity index is 2.11. The number of imide groups is 1. The lowest BCUT2D eigenvalue weighted by atomic mass is 10.0. The minimum Gasteiger partial charge on any atom is -0.497 e. The average Bonchev–Trinajstić information content (AvgIpc) is 2.86. The van der Waals surface area contributed by atoms with Crippen LogP contribution in [0.2, 0.25) is 0 Å². The van der Waals surface area contributed by atoms with Crippen molar-refractivity contribution in [2.75, 3.05) is 26.6 Å². The summed E-state index contributed by atoms with van der Waals surface area (Å²) < 4.78 is 10.6. The third-order valence-corrected chi connectivity index (χ3v) is 4.02. The Bertz CT molecular complexity index is 859. The van der Waals surface area contributed by atoms with Crippen LogP contribution in [0.4, 0.5) is 5.69 Å². The molecule has 6 heteroatoms. The molecular formula is C19H18N2O4. The number of rotatable bonds is 5. The van der Waals surface area contributed by atoms with Crippen LogP contribution < -0.4 is 14.8 Å². The molecule has 0 radical (unpaired) electrons. The highest BCUT2D eigenvalue weighted by Gasteiger charge is 2.37. The number of anilines is 1. The Morgan fingerprint density at radius 2 is 1.64 bits per heavy atom. The number of amides is 2. The van der Waals surface area contributed by atoms with Crippen molar-refractivity contribution in [2.24, 2.45) is 0 Å².